The largest absolute Gasteiger partial charge is 0.399 e. The van der Waals surface area contributed by atoms with Gasteiger partial charge in [0.1, 0.15) is 0 Å². The van der Waals surface area contributed by atoms with Gasteiger partial charge in [0.05, 0.1) is 6.10 Å². The number of benzene rings is 1. The Morgan fingerprint density at radius 3 is 2.60 bits per heavy atom. The van der Waals surface area contributed by atoms with Crippen LogP contribution in [-0.4, -0.2) is 29.6 Å². The van der Waals surface area contributed by atoms with Gasteiger partial charge in [0.2, 0.25) is 0 Å². The lowest BCUT2D eigenvalue weighted by atomic mass is 10.1. The number of aliphatic hydroxyl groups excluding tert-OH is 1. The molecular formula is C12H20N2O. The minimum absolute atomic E-state index is 0.431. The molecule has 1 aromatic rings. The third-order valence-corrected chi connectivity index (χ3v) is 2.64. The SMILES string of the molecule is CC(C)N(C)CC(O)c1cccc(N)c1. The number of nitrogens with two attached hydrogens (primary N) is 1. The smallest absolute Gasteiger partial charge is 0.0917 e. The van der Waals surface area contributed by atoms with Crippen LogP contribution in [0.3, 0.4) is 0 Å². The van der Waals surface area contributed by atoms with Crippen molar-refractivity contribution in [3.8, 4) is 0 Å². The van der Waals surface area contributed by atoms with Gasteiger partial charge in [0, 0.05) is 18.3 Å². The molecule has 0 fully saturated rings. The third-order valence-electron chi connectivity index (χ3n) is 2.64. The van der Waals surface area contributed by atoms with Crippen LogP contribution in [0.25, 0.3) is 0 Å². The van der Waals surface area contributed by atoms with E-state index in [1.807, 2.05) is 31.3 Å². The molecule has 0 saturated carbocycles. The summed E-state index contributed by atoms with van der Waals surface area (Å²) in [7, 11) is 2.00. The fraction of sp³-hybridized carbons (Fsp3) is 0.500. The van der Waals surface area contributed by atoms with Crippen molar-refractivity contribution in [3.63, 3.8) is 0 Å². The van der Waals surface area contributed by atoms with Crippen molar-refractivity contribution in [1.82, 2.24) is 4.90 Å². The highest BCUT2D eigenvalue weighted by Gasteiger charge is 2.12. The number of rotatable bonds is 4. The molecule has 1 atom stereocenters. The van der Waals surface area contributed by atoms with Gasteiger partial charge >= 0.3 is 0 Å². The second kappa shape index (κ2) is 5.14. The van der Waals surface area contributed by atoms with E-state index in [9.17, 15) is 5.11 Å². The number of hydrogen-bond acceptors (Lipinski definition) is 3. The van der Waals surface area contributed by atoms with E-state index < -0.39 is 6.10 Å². The maximum atomic E-state index is 9.97. The van der Waals surface area contributed by atoms with Crippen LogP contribution in [-0.2, 0) is 0 Å². The molecule has 0 bridgehead atoms. The van der Waals surface area contributed by atoms with E-state index in [1.54, 1.807) is 0 Å². The van der Waals surface area contributed by atoms with Crippen LogP contribution in [0.4, 0.5) is 5.69 Å². The second-order valence-corrected chi connectivity index (χ2v) is 4.22. The Hall–Kier alpha value is -1.06. The average molecular weight is 208 g/mol. The molecule has 0 aromatic heterocycles. The van der Waals surface area contributed by atoms with Crippen molar-refractivity contribution in [2.24, 2.45) is 0 Å². The summed E-state index contributed by atoms with van der Waals surface area (Å²) in [5.41, 5.74) is 7.23. The molecule has 0 saturated heterocycles. The summed E-state index contributed by atoms with van der Waals surface area (Å²) in [5.74, 6) is 0. The number of hydrogen-bond donors (Lipinski definition) is 2. The normalized spacial score (nSPS) is 13.5. The van der Waals surface area contributed by atoms with E-state index in [2.05, 4.69) is 18.7 Å². The minimum Gasteiger partial charge on any atom is -0.399 e. The first-order chi connectivity index (χ1) is 7.00. The molecular weight excluding hydrogens is 188 g/mol. The Labute approximate surface area is 91.5 Å². The van der Waals surface area contributed by atoms with Gasteiger partial charge in [-0.05, 0) is 38.6 Å². The zero-order chi connectivity index (χ0) is 11.4. The average Bonchev–Trinajstić information content (AvgIpc) is 2.17. The van der Waals surface area contributed by atoms with E-state index in [0.29, 0.717) is 18.3 Å². The quantitative estimate of drug-likeness (QED) is 0.740. The summed E-state index contributed by atoms with van der Waals surface area (Å²) < 4.78 is 0. The third kappa shape index (κ3) is 3.53. The number of likely N-dealkylation sites (N-methyl/N-ethyl adjacent to an activating group) is 1. The standard InChI is InChI=1S/C12H20N2O/c1-9(2)14(3)8-12(15)10-5-4-6-11(13)7-10/h4-7,9,12,15H,8,13H2,1-3H3. The lowest BCUT2D eigenvalue weighted by molar-refractivity contribution is 0.112. The van der Waals surface area contributed by atoms with Crippen LogP contribution in [0.5, 0.6) is 0 Å². The van der Waals surface area contributed by atoms with Gasteiger partial charge < -0.3 is 15.7 Å². The maximum Gasteiger partial charge on any atom is 0.0917 e. The second-order valence-electron chi connectivity index (χ2n) is 4.22. The molecule has 1 aromatic carbocycles. The lowest BCUT2D eigenvalue weighted by Crippen LogP contribution is -2.30. The van der Waals surface area contributed by atoms with Gasteiger partial charge in [0.15, 0.2) is 0 Å². The van der Waals surface area contributed by atoms with Crippen molar-refractivity contribution < 1.29 is 5.11 Å². The molecule has 1 rings (SSSR count). The van der Waals surface area contributed by atoms with Crippen LogP contribution in [0.2, 0.25) is 0 Å². The highest BCUT2D eigenvalue weighted by Crippen LogP contribution is 2.17. The molecule has 0 amide bonds. The van der Waals surface area contributed by atoms with Crippen molar-refractivity contribution in [1.29, 1.82) is 0 Å². The number of aliphatic hydroxyl groups is 1. The van der Waals surface area contributed by atoms with Crippen molar-refractivity contribution in [2.45, 2.75) is 26.0 Å². The summed E-state index contributed by atoms with van der Waals surface area (Å²) in [6, 6.07) is 7.83. The maximum absolute atomic E-state index is 9.97. The first-order valence-electron chi connectivity index (χ1n) is 5.24. The molecule has 1 unspecified atom stereocenters. The molecule has 0 aliphatic rings. The molecule has 3 N–H and O–H groups in total. The Morgan fingerprint density at radius 1 is 1.40 bits per heavy atom. The zero-order valence-corrected chi connectivity index (χ0v) is 9.64. The molecule has 3 heteroatoms. The van der Waals surface area contributed by atoms with E-state index >= 15 is 0 Å². The first kappa shape index (κ1) is 12.0. The monoisotopic (exact) mass is 208 g/mol. The minimum atomic E-state index is -0.471. The molecule has 84 valence electrons. The summed E-state index contributed by atoms with van der Waals surface area (Å²) in [4.78, 5) is 2.11. The fourth-order valence-corrected chi connectivity index (χ4v) is 1.36. The number of nitrogen functional groups attached to an aromatic ring is 1. The van der Waals surface area contributed by atoms with Crippen LogP contribution in [0.1, 0.15) is 25.5 Å². The lowest BCUT2D eigenvalue weighted by Gasteiger charge is -2.24. The Kier molecular flexibility index (Phi) is 4.12. The summed E-state index contributed by atoms with van der Waals surface area (Å²) in [6.45, 7) is 4.83. The van der Waals surface area contributed by atoms with Gasteiger partial charge in [-0.15, -0.1) is 0 Å². The molecule has 15 heavy (non-hydrogen) atoms. The zero-order valence-electron chi connectivity index (χ0n) is 9.64. The van der Waals surface area contributed by atoms with Crippen LogP contribution >= 0.6 is 0 Å². The van der Waals surface area contributed by atoms with E-state index in [1.165, 1.54) is 0 Å². The van der Waals surface area contributed by atoms with Crippen LogP contribution < -0.4 is 5.73 Å². The topological polar surface area (TPSA) is 49.5 Å². The molecule has 0 radical (unpaired) electrons. The highest BCUT2D eigenvalue weighted by molar-refractivity contribution is 5.41. The molecule has 0 aliphatic heterocycles. The van der Waals surface area contributed by atoms with Gasteiger partial charge in [-0.25, -0.2) is 0 Å². The Bertz CT molecular complexity index is 312. The Balaban J connectivity index is 2.64. The van der Waals surface area contributed by atoms with Crippen molar-refractivity contribution >= 4 is 5.69 Å². The predicted molar refractivity (Wildman–Crippen MR) is 63.6 cm³/mol. The molecule has 0 spiro atoms. The van der Waals surface area contributed by atoms with Crippen LogP contribution in [0.15, 0.2) is 24.3 Å². The van der Waals surface area contributed by atoms with Gasteiger partial charge in [0.25, 0.3) is 0 Å². The van der Waals surface area contributed by atoms with E-state index in [0.717, 1.165) is 5.56 Å². The van der Waals surface area contributed by atoms with Crippen molar-refractivity contribution in [2.75, 3.05) is 19.3 Å². The Morgan fingerprint density at radius 2 is 2.07 bits per heavy atom. The first-order valence-corrected chi connectivity index (χ1v) is 5.24. The summed E-state index contributed by atoms with van der Waals surface area (Å²) >= 11 is 0. The summed E-state index contributed by atoms with van der Waals surface area (Å²) in [5, 5.41) is 9.97. The fourth-order valence-electron chi connectivity index (χ4n) is 1.36. The summed E-state index contributed by atoms with van der Waals surface area (Å²) in [6.07, 6.45) is -0.471. The van der Waals surface area contributed by atoms with Gasteiger partial charge in [-0.1, -0.05) is 12.1 Å². The van der Waals surface area contributed by atoms with E-state index in [4.69, 9.17) is 5.73 Å². The number of nitrogens with zero attached hydrogens (tertiary/aromatic N) is 1. The van der Waals surface area contributed by atoms with Gasteiger partial charge in [-0.2, -0.15) is 0 Å². The van der Waals surface area contributed by atoms with Crippen molar-refractivity contribution in [3.05, 3.63) is 29.8 Å². The van der Waals surface area contributed by atoms with Gasteiger partial charge in [-0.3, -0.25) is 0 Å². The molecule has 0 aliphatic carbocycles. The predicted octanol–water partition coefficient (Wildman–Crippen LogP) is 1.64. The molecule has 0 heterocycles. The van der Waals surface area contributed by atoms with E-state index in [-0.39, 0.29) is 0 Å². The van der Waals surface area contributed by atoms with Crippen LogP contribution in [0, 0.1) is 0 Å². The highest BCUT2D eigenvalue weighted by atomic mass is 16.3. The molecule has 3 nitrogen and oxygen atoms in total. The number of anilines is 1.